The minimum absolute atomic E-state index is 0.0343. The van der Waals surface area contributed by atoms with Gasteiger partial charge in [-0.25, -0.2) is 0 Å². The Labute approximate surface area is 136 Å². The first kappa shape index (κ1) is 17.1. The molecule has 1 N–H and O–H groups in total. The summed E-state index contributed by atoms with van der Waals surface area (Å²) in [6, 6.07) is 7.06. The largest absolute Gasteiger partial charge is 0.497 e. The maximum absolute atomic E-state index is 12.1. The first-order chi connectivity index (χ1) is 10.8. The van der Waals surface area contributed by atoms with Gasteiger partial charge in [0, 0.05) is 18.2 Å². The van der Waals surface area contributed by atoms with Gasteiger partial charge in [0.05, 0.1) is 7.11 Å². The maximum atomic E-state index is 12.1. The van der Waals surface area contributed by atoms with Gasteiger partial charge in [0.1, 0.15) is 5.75 Å². The third-order valence-electron chi connectivity index (χ3n) is 3.72. The van der Waals surface area contributed by atoms with E-state index in [2.05, 4.69) is 19.2 Å². The van der Waals surface area contributed by atoms with Gasteiger partial charge in [0.2, 0.25) is 0 Å². The Bertz CT molecular complexity index is 646. The van der Waals surface area contributed by atoms with Crippen LogP contribution in [0.25, 0.3) is 0 Å². The van der Waals surface area contributed by atoms with E-state index in [-0.39, 0.29) is 23.7 Å². The Balaban J connectivity index is 1.95. The van der Waals surface area contributed by atoms with E-state index in [9.17, 15) is 9.59 Å². The van der Waals surface area contributed by atoms with Crippen molar-refractivity contribution < 1.29 is 19.1 Å². The third kappa shape index (κ3) is 4.58. The van der Waals surface area contributed by atoms with Gasteiger partial charge in [-0.1, -0.05) is 19.9 Å². The van der Waals surface area contributed by atoms with Crippen molar-refractivity contribution in [2.24, 2.45) is 5.41 Å². The van der Waals surface area contributed by atoms with E-state index in [1.54, 1.807) is 31.4 Å². The standard InChI is InChI=1S/C18H23NO4/c1-12-9-18(2,3)10-15(20)17(12)23-11-16(21)19-13-6-5-7-14(8-13)22-4/h5-8H,9-11H2,1-4H3,(H,19,21). The zero-order valence-electron chi connectivity index (χ0n) is 14.1. The van der Waals surface area contributed by atoms with Crippen molar-refractivity contribution in [1.29, 1.82) is 0 Å². The minimum atomic E-state index is -0.309. The normalized spacial score (nSPS) is 17.0. The number of ketones is 1. The van der Waals surface area contributed by atoms with E-state index in [1.807, 2.05) is 6.92 Å². The van der Waals surface area contributed by atoms with Crippen LogP contribution in [-0.4, -0.2) is 25.4 Å². The molecule has 0 aliphatic heterocycles. The van der Waals surface area contributed by atoms with Crippen LogP contribution < -0.4 is 10.1 Å². The second-order valence-corrected chi connectivity index (χ2v) is 6.62. The molecule has 0 aromatic heterocycles. The van der Waals surface area contributed by atoms with Crippen molar-refractivity contribution in [3.05, 3.63) is 35.6 Å². The van der Waals surface area contributed by atoms with E-state index in [0.717, 1.165) is 12.0 Å². The summed E-state index contributed by atoms with van der Waals surface area (Å²) in [6.07, 6.45) is 1.24. The van der Waals surface area contributed by atoms with Gasteiger partial charge in [-0.15, -0.1) is 0 Å². The molecule has 1 aliphatic rings. The van der Waals surface area contributed by atoms with Crippen LogP contribution in [0.5, 0.6) is 5.75 Å². The molecule has 0 unspecified atom stereocenters. The van der Waals surface area contributed by atoms with E-state index in [0.29, 0.717) is 23.6 Å². The number of Topliss-reactive ketones (excluding diaryl/α,β-unsaturated/α-hetero) is 1. The lowest BCUT2D eigenvalue weighted by molar-refractivity contribution is -0.124. The molecule has 2 rings (SSSR count). The van der Waals surface area contributed by atoms with Crippen LogP contribution in [0.1, 0.15) is 33.6 Å². The zero-order valence-corrected chi connectivity index (χ0v) is 14.1. The number of carbonyl (C=O) groups excluding carboxylic acids is 2. The monoisotopic (exact) mass is 317 g/mol. The van der Waals surface area contributed by atoms with Crippen LogP contribution in [0.2, 0.25) is 0 Å². The summed E-state index contributed by atoms with van der Waals surface area (Å²) in [5, 5.41) is 2.72. The predicted octanol–water partition coefficient (Wildman–Crippen LogP) is 3.31. The summed E-state index contributed by atoms with van der Waals surface area (Å²) >= 11 is 0. The quantitative estimate of drug-likeness (QED) is 0.905. The Morgan fingerprint density at radius 2 is 2.04 bits per heavy atom. The van der Waals surface area contributed by atoms with Crippen LogP contribution >= 0.6 is 0 Å². The fourth-order valence-electron chi connectivity index (χ4n) is 2.85. The highest BCUT2D eigenvalue weighted by Crippen LogP contribution is 2.36. The molecule has 0 heterocycles. The molecule has 1 aromatic rings. The minimum Gasteiger partial charge on any atom is -0.497 e. The van der Waals surface area contributed by atoms with E-state index >= 15 is 0 Å². The molecule has 0 fully saturated rings. The van der Waals surface area contributed by atoms with Crippen molar-refractivity contribution in [1.82, 2.24) is 0 Å². The molecule has 124 valence electrons. The number of hydrogen-bond donors (Lipinski definition) is 1. The first-order valence-electron chi connectivity index (χ1n) is 7.60. The fourth-order valence-corrected chi connectivity index (χ4v) is 2.85. The van der Waals surface area contributed by atoms with Crippen LogP contribution in [0.3, 0.4) is 0 Å². The number of methoxy groups -OCH3 is 1. The average molecular weight is 317 g/mol. The van der Waals surface area contributed by atoms with Gasteiger partial charge in [-0.05, 0) is 36.5 Å². The van der Waals surface area contributed by atoms with Crippen molar-refractivity contribution in [2.75, 3.05) is 19.0 Å². The van der Waals surface area contributed by atoms with E-state index < -0.39 is 0 Å². The zero-order chi connectivity index (χ0) is 17.0. The number of hydrogen-bond acceptors (Lipinski definition) is 4. The van der Waals surface area contributed by atoms with Crippen molar-refractivity contribution >= 4 is 17.4 Å². The summed E-state index contributed by atoms with van der Waals surface area (Å²) < 4.78 is 10.6. The topological polar surface area (TPSA) is 64.6 Å². The maximum Gasteiger partial charge on any atom is 0.262 e. The highest BCUT2D eigenvalue weighted by Gasteiger charge is 2.32. The molecule has 23 heavy (non-hydrogen) atoms. The Hall–Kier alpha value is -2.30. The highest BCUT2D eigenvalue weighted by molar-refractivity contribution is 5.97. The number of benzene rings is 1. The SMILES string of the molecule is COc1cccc(NC(=O)COC2=C(C)CC(C)(C)CC2=O)c1. The van der Waals surface area contributed by atoms with Crippen molar-refractivity contribution in [3.8, 4) is 5.75 Å². The molecular weight excluding hydrogens is 294 g/mol. The molecular formula is C18H23NO4. The lowest BCUT2D eigenvalue weighted by atomic mass is 9.76. The summed E-state index contributed by atoms with van der Waals surface area (Å²) in [5.74, 6) is 0.654. The van der Waals surface area contributed by atoms with Gasteiger partial charge in [-0.3, -0.25) is 9.59 Å². The molecule has 0 spiro atoms. The Kier molecular flexibility index (Phi) is 5.08. The molecule has 0 saturated carbocycles. The summed E-state index contributed by atoms with van der Waals surface area (Å²) in [5.41, 5.74) is 1.48. The molecule has 5 nitrogen and oxygen atoms in total. The van der Waals surface area contributed by atoms with Crippen LogP contribution in [-0.2, 0) is 14.3 Å². The number of rotatable bonds is 5. The molecule has 0 radical (unpaired) electrons. The van der Waals surface area contributed by atoms with E-state index in [1.165, 1.54) is 0 Å². The lowest BCUT2D eigenvalue weighted by Crippen LogP contribution is -2.28. The van der Waals surface area contributed by atoms with Gasteiger partial charge >= 0.3 is 0 Å². The Morgan fingerprint density at radius 3 is 2.70 bits per heavy atom. The number of ether oxygens (including phenoxy) is 2. The third-order valence-corrected chi connectivity index (χ3v) is 3.72. The first-order valence-corrected chi connectivity index (χ1v) is 7.60. The van der Waals surface area contributed by atoms with Crippen molar-refractivity contribution in [2.45, 2.75) is 33.6 Å². The smallest absolute Gasteiger partial charge is 0.262 e. The summed E-state index contributed by atoms with van der Waals surface area (Å²) in [6.45, 7) is 5.81. The van der Waals surface area contributed by atoms with Crippen molar-refractivity contribution in [3.63, 3.8) is 0 Å². The molecule has 0 saturated heterocycles. The van der Waals surface area contributed by atoms with Gasteiger partial charge < -0.3 is 14.8 Å². The number of anilines is 1. The fraction of sp³-hybridized carbons (Fsp3) is 0.444. The van der Waals surface area contributed by atoms with Crippen LogP contribution in [0.4, 0.5) is 5.69 Å². The molecule has 0 bridgehead atoms. The predicted molar refractivity (Wildman–Crippen MR) is 88.3 cm³/mol. The summed E-state index contributed by atoms with van der Waals surface area (Å²) in [4.78, 5) is 24.1. The lowest BCUT2D eigenvalue weighted by Gasteiger charge is -2.30. The second-order valence-electron chi connectivity index (χ2n) is 6.62. The molecule has 5 heteroatoms. The number of carbonyl (C=O) groups is 2. The van der Waals surface area contributed by atoms with E-state index in [4.69, 9.17) is 9.47 Å². The number of nitrogens with one attached hydrogen (secondary N) is 1. The van der Waals surface area contributed by atoms with Gasteiger partial charge in [0.15, 0.2) is 18.1 Å². The molecule has 1 aliphatic carbocycles. The van der Waals surface area contributed by atoms with Crippen LogP contribution in [0.15, 0.2) is 35.6 Å². The molecule has 1 aromatic carbocycles. The van der Waals surface area contributed by atoms with Gasteiger partial charge in [-0.2, -0.15) is 0 Å². The Morgan fingerprint density at radius 1 is 1.30 bits per heavy atom. The molecule has 0 atom stereocenters. The highest BCUT2D eigenvalue weighted by atomic mass is 16.5. The molecule has 1 amide bonds. The summed E-state index contributed by atoms with van der Waals surface area (Å²) in [7, 11) is 1.56. The number of allylic oxidation sites excluding steroid dienone is 2. The van der Waals surface area contributed by atoms with Gasteiger partial charge in [0.25, 0.3) is 5.91 Å². The number of amides is 1. The van der Waals surface area contributed by atoms with Crippen LogP contribution in [0, 0.1) is 5.41 Å². The second kappa shape index (κ2) is 6.86. The average Bonchev–Trinajstić information content (AvgIpc) is 2.45.